The number of nitrogens with one attached hydrogen (secondary N) is 4. The third kappa shape index (κ3) is 4.92. The Hall–Kier alpha value is -2.67. The van der Waals surface area contributed by atoms with Crippen LogP contribution >= 0.6 is 12.2 Å². The number of H-pyrrole nitrogens is 1. The Kier molecular flexibility index (Phi) is 6.51. The highest BCUT2D eigenvalue weighted by atomic mass is 32.1. The summed E-state index contributed by atoms with van der Waals surface area (Å²) in [5.74, 6) is -0.535. The van der Waals surface area contributed by atoms with Gasteiger partial charge in [-0.05, 0) is 37.2 Å². The molecule has 0 unspecified atom stereocenters. The molecule has 0 saturated carbocycles. The maximum absolute atomic E-state index is 12.3. The van der Waals surface area contributed by atoms with E-state index in [1.165, 1.54) is 6.20 Å². The molecule has 0 aliphatic carbocycles. The lowest BCUT2D eigenvalue weighted by Gasteiger charge is -2.11. The van der Waals surface area contributed by atoms with Crippen molar-refractivity contribution in [3.8, 4) is 0 Å². The molecule has 4 N–H and O–H groups in total. The largest absolute Gasteiger partial charge is 0.366 e. The van der Waals surface area contributed by atoms with Gasteiger partial charge in [-0.25, -0.2) is 0 Å². The van der Waals surface area contributed by atoms with E-state index in [0.717, 1.165) is 18.5 Å². The highest BCUT2D eigenvalue weighted by Crippen LogP contribution is 2.04. The predicted molar refractivity (Wildman–Crippen MR) is 98.9 cm³/mol. The minimum absolute atomic E-state index is 0.0543. The van der Waals surface area contributed by atoms with E-state index in [1.54, 1.807) is 6.20 Å². The van der Waals surface area contributed by atoms with E-state index in [9.17, 15) is 9.59 Å². The van der Waals surface area contributed by atoms with E-state index in [0.29, 0.717) is 12.0 Å². The first-order valence-electron chi connectivity index (χ1n) is 7.74. The highest BCUT2D eigenvalue weighted by Gasteiger charge is 2.13. The van der Waals surface area contributed by atoms with Crippen molar-refractivity contribution in [1.82, 2.24) is 15.8 Å². The van der Waals surface area contributed by atoms with Crippen LogP contribution in [-0.2, 0) is 6.42 Å². The van der Waals surface area contributed by atoms with Gasteiger partial charge in [-0.2, -0.15) is 0 Å². The van der Waals surface area contributed by atoms with Crippen LogP contribution in [-0.4, -0.2) is 16.0 Å². The fourth-order valence-electron chi connectivity index (χ4n) is 2.12. The Labute approximate surface area is 145 Å². The summed E-state index contributed by atoms with van der Waals surface area (Å²) >= 11 is 5.10. The molecule has 1 aromatic heterocycles. The fraction of sp³-hybridized carbons (Fsp3) is 0.235. The summed E-state index contributed by atoms with van der Waals surface area (Å²) in [6, 6.07) is 9.31. The number of aromatic nitrogens is 1. The van der Waals surface area contributed by atoms with Gasteiger partial charge in [0.15, 0.2) is 10.5 Å². The van der Waals surface area contributed by atoms with Crippen molar-refractivity contribution in [1.29, 1.82) is 0 Å². The standard InChI is InChI=1S/C17H20N4O2S/c1-2-3-7-12-10-18-11-14(15(12)22)16(23)20-21-17(24)19-13-8-5-4-6-9-13/h4-6,8-11H,2-3,7H2,1H3,(H,18,22)(H,20,23)(H2,19,21,24). The summed E-state index contributed by atoms with van der Waals surface area (Å²) in [6.45, 7) is 2.05. The molecule has 0 radical (unpaired) electrons. The number of thiocarbonyl (C=S) groups is 1. The zero-order valence-electron chi connectivity index (χ0n) is 13.4. The predicted octanol–water partition coefficient (Wildman–Crippen LogP) is 2.35. The zero-order valence-corrected chi connectivity index (χ0v) is 14.2. The van der Waals surface area contributed by atoms with Gasteiger partial charge >= 0.3 is 0 Å². The number of hydrazine groups is 1. The molecular weight excluding hydrogens is 324 g/mol. The molecular formula is C17H20N4O2S. The number of aromatic amines is 1. The molecule has 126 valence electrons. The van der Waals surface area contributed by atoms with Crippen LogP contribution in [0.5, 0.6) is 0 Å². The number of amides is 1. The number of carbonyl (C=O) groups excluding carboxylic acids is 1. The lowest BCUT2D eigenvalue weighted by Crippen LogP contribution is -2.45. The summed E-state index contributed by atoms with van der Waals surface area (Å²) in [6.07, 6.45) is 5.56. The molecule has 0 atom stereocenters. The van der Waals surface area contributed by atoms with Gasteiger partial charge in [-0.15, -0.1) is 0 Å². The monoisotopic (exact) mass is 344 g/mol. The number of hydrogen-bond donors (Lipinski definition) is 4. The molecule has 0 aliphatic heterocycles. The van der Waals surface area contributed by atoms with Crippen molar-refractivity contribution < 1.29 is 4.79 Å². The zero-order chi connectivity index (χ0) is 17.4. The Balaban J connectivity index is 1.95. The van der Waals surface area contributed by atoms with E-state index in [2.05, 4.69) is 28.1 Å². The molecule has 1 aromatic carbocycles. The molecule has 0 aliphatic rings. The van der Waals surface area contributed by atoms with Crippen LogP contribution in [0.1, 0.15) is 35.7 Å². The van der Waals surface area contributed by atoms with Gasteiger partial charge in [-0.1, -0.05) is 31.5 Å². The van der Waals surface area contributed by atoms with Crippen LogP contribution in [0.25, 0.3) is 0 Å². The number of para-hydroxylation sites is 1. The quantitative estimate of drug-likeness (QED) is 0.494. The van der Waals surface area contributed by atoms with Gasteiger partial charge in [0.1, 0.15) is 5.56 Å². The Bertz CT molecular complexity index is 759. The molecule has 0 bridgehead atoms. The van der Waals surface area contributed by atoms with Gasteiger partial charge in [-0.3, -0.25) is 20.4 Å². The van der Waals surface area contributed by atoms with E-state index in [-0.39, 0.29) is 16.1 Å². The van der Waals surface area contributed by atoms with Crippen molar-refractivity contribution in [2.24, 2.45) is 0 Å². The number of anilines is 1. The second-order valence-electron chi connectivity index (χ2n) is 5.23. The van der Waals surface area contributed by atoms with E-state index in [4.69, 9.17) is 12.2 Å². The summed E-state index contributed by atoms with van der Waals surface area (Å²) in [5, 5.41) is 3.15. The summed E-state index contributed by atoms with van der Waals surface area (Å²) in [5.41, 5.74) is 6.21. The minimum Gasteiger partial charge on any atom is -0.366 e. The van der Waals surface area contributed by atoms with Crippen LogP contribution in [0.2, 0.25) is 0 Å². The first-order valence-corrected chi connectivity index (χ1v) is 8.15. The number of unbranched alkanes of at least 4 members (excludes halogenated alkanes) is 1. The minimum atomic E-state index is -0.535. The van der Waals surface area contributed by atoms with Crippen LogP contribution in [0.4, 0.5) is 5.69 Å². The SMILES string of the molecule is CCCCc1c[nH]cc(C(=O)NNC(=S)Nc2ccccc2)c1=O. The van der Waals surface area contributed by atoms with E-state index in [1.807, 2.05) is 30.3 Å². The molecule has 0 saturated heterocycles. The van der Waals surface area contributed by atoms with Crippen molar-refractivity contribution in [2.45, 2.75) is 26.2 Å². The average molecular weight is 344 g/mol. The molecule has 2 aromatic rings. The molecule has 6 nitrogen and oxygen atoms in total. The smallest absolute Gasteiger partial charge is 0.275 e. The second kappa shape index (κ2) is 8.83. The van der Waals surface area contributed by atoms with Crippen molar-refractivity contribution in [3.05, 3.63) is 64.1 Å². The van der Waals surface area contributed by atoms with Crippen LogP contribution in [0, 0.1) is 0 Å². The first kappa shape index (κ1) is 17.7. The van der Waals surface area contributed by atoms with Crippen molar-refractivity contribution in [3.63, 3.8) is 0 Å². The molecule has 0 fully saturated rings. The number of benzene rings is 1. The van der Waals surface area contributed by atoms with Gasteiger partial charge in [0, 0.05) is 23.6 Å². The average Bonchev–Trinajstić information content (AvgIpc) is 2.59. The molecule has 1 amide bonds. The third-order valence-corrected chi connectivity index (χ3v) is 3.59. The summed E-state index contributed by atoms with van der Waals surface area (Å²) < 4.78 is 0. The maximum Gasteiger partial charge on any atom is 0.275 e. The Morgan fingerprint density at radius 1 is 1.17 bits per heavy atom. The molecule has 0 spiro atoms. The Morgan fingerprint density at radius 3 is 2.62 bits per heavy atom. The summed E-state index contributed by atoms with van der Waals surface area (Å²) in [4.78, 5) is 27.3. The van der Waals surface area contributed by atoms with Gasteiger partial charge in [0.25, 0.3) is 5.91 Å². The molecule has 24 heavy (non-hydrogen) atoms. The number of aryl methyl sites for hydroxylation is 1. The topological polar surface area (TPSA) is 86.0 Å². The van der Waals surface area contributed by atoms with Crippen LogP contribution in [0.15, 0.2) is 47.5 Å². The van der Waals surface area contributed by atoms with Crippen molar-refractivity contribution in [2.75, 3.05) is 5.32 Å². The lowest BCUT2D eigenvalue weighted by molar-refractivity contribution is 0.0942. The lowest BCUT2D eigenvalue weighted by atomic mass is 10.1. The van der Waals surface area contributed by atoms with Crippen LogP contribution < -0.4 is 21.6 Å². The number of rotatable bonds is 5. The van der Waals surface area contributed by atoms with Gasteiger partial charge in [0.2, 0.25) is 0 Å². The number of carbonyl (C=O) groups is 1. The molecule has 7 heteroatoms. The molecule has 1 heterocycles. The second-order valence-corrected chi connectivity index (χ2v) is 5.63. The first-order chi connectivity index (χ1) is 11.6. The highest BCUT2D eigenvalue weighted by molar-refractivity contribution is 7.80. The third-order valence-electron chi connectivity index (χ3n) is 3.39. The normalized spacial score (nSPS) is 10.0. The molecule has 2 rings (SSSR count). The van der Waals surface area contributed by atoms with Crippen LogP contribution in [0.3, 0.4) is 0 Å². The van der Waals surface area contributed by atoms with E-state index < -0.39 is 5.91 Å². The maximum atomic E-state index is 12.3. The summed E-state index contributed by atoms with van der Waals surface area (Å²) in [7, 11) is 0. The van der Waals surface area contributed by atoms with E-state index >= 15 is 0 Å². The van der Waals surface area contributed by atoms with Gasteiger partial charge < -0.3 is 10.3 Å². The number of hydrogen-bond acceptors (Lipinski definition) is 3. The Morgan fingerprint density at radius 2 is 1.92 bits per heavy atom. The number of pyridine rings is 1. The van der Waals surface area contributed by atoms with Gasteiger partial charge in [0.05, 0.1) is 0 Å². The fourth-order valence-corrected chi connectivity index (χ4v) is 2.28. The van der Waals surface area contributed by atoms with Crippen molar-refractivity contribution >= 4 is 28.9 Å².